The molecule has 0 radical (unpaired) electrons. The van der Waals surface area contributed by atoms with Crippen molar-refractivity contribution in [3.63, 3.8) is 0 Å². The fourth-order valence-electron chi connectivity index (χ4n) is 2.01. The molecule has 2 rings (SSSR count). The van der Waals surface area contributed by atoms with Gasteiger partial charge in [-0.05, 0) is 42.3 Å². The number of hydrogen-bond donors (Lipinski definition) is 2. The zero-order valence-electron chi connectivity index (χ0n) is 13.5. The van der Waals surface area contributed by atoms with Gasteiger partial charge < -0.3 is 15.8 Å². The van der Waals surface area contributed by atoms with Crippen LogP contribution in [-0.2, 0) is 6.61 Å². The van der Waals surface area contributed by atoms with Crippen LogP contribution in [-0.4, -0.2) is 19.0 Å². The van der Waals surface area contributed by atoms with Crippen LogP contribution in [0.1, 0.15) is 22.8 Å². The van der Waals surface area contributed by atoms with Gasteiger partial charge in [0.2, 0.25) is 0 Å². The molecule has 0 aliphatic heterocycles. The van der Waals surface area contributed by atoms with Gasteiger partial charge in [-0.1, -0.05) is 47.1 Å². The van der Waals surface area contributed by atoms with Gasteiger partial charge in [0.05, 0.1) is 5.56 Å². The molecule has 1 amide bonds. The highest BCUT2D eigenvalue weighted by Gasteiger charge is 2.12. The lowest BCUT2D eigenvalue weighted by atomic mass is 10.1. The molecule has 0 aliphatic rings. The monoisotopic (exact) mass is 412 g/mol. The van der Waals surface area contributed by atoms with E-state index >= 15 is 0 Å². The van der Waals surface area contributed by atoms with Gasteiger partial charge >= 0.3 is 0 Å². The fourth-order valence-corrected chi connectivity index (χ4v) is 2.46. The lowest BCUT2D eigenvalue weighted by molar-refractivity contribution is 0.0944. The maximum Gasteiger partial charge on any atom is 0.255 e. The third kappa shape index (κ3) is 6.15. The Morgan fingerprint density at radius 3 is 2.71 bits per heavy atom. The second-order valence-corrected chi connectivity index (χ2v) is 6.38. The molecule has 0 heterocycles. The Balaban J connectivity index is 0.00000288. The summed E-state index contributed by atoms with van der Waals surface area (Å²) in [4.78, 5) is 12.3. The average Bonchev–Trinajstić information content (AvgIpc) is 2.58. The summed E-state index contributed by atoms with van der Waals surface area (Å²) in [5.74, 6) is 0.675. The summed E-state index contributed by atoms with van der Waals surface area (Å²) in [6, 6.07) is 15.1. The van der Waals surface area contributed by atoms with Crippen LogP contribution >= 0.6 is 28.3 Å². The van der Waals surface area contributed by atoms with Crippen molar-refractivity contribution < 1.29 is 9.53 Å². The predicted octanol–water partition coefficient (Wildman–Crippen LogP) is 3.77. The van der Waals surface area contributed by atoms with Gasteiger partial charge in [-0.2, -0.15) is 0 Å². The van der Waals surface area contributed by atoms with E-state index in [0.29, 0.717) is 31.0 Å². The highest BCUT2D eigenvalue weighted by atomic mass is 79.9. The molecule has 3 N–H and O–H groups in total. The van der Waals surface area contributed by atoms with E-state index < -0.39 is 0 Å². The molecule has 24 heavy (non-hydrogen) atoms. The summed E-state index contributed by atoms with van der Waals surface area (Å²) in [5.41, 5.74) is 7.14. The first kappa shape index (κ1) is 20.5. The second kappa shape index (κ2) is 10.3. The van der Waals surface area contributed by atoms with E-state index in [2.05, 4.69) is 21.2 Å². The molecule has 6 heteroatoms. The van der Waals surface area contributed by atoms with Crippen LogP contribution in [0.2, 0.25) is 0 Å². The lowest BCUT2D eigenvalue weighted by Crippen LogP contribution is -2.31. The van der Waals surface area contributed by atoms with Gasteiger partial charge in [0.25, 0.3) is 5.91 Å². The number of nitrogens with one attached hydrogen (secondary N) is 1. The van der Waals surface area contributed by atoms with E-state index in [9.17, 15) is 4.79 Å². The zero-order chi connectivity index (χ0) is 16.7. The minimum Gasteiger partial charge on any atom is -0.488 e. The van der Waals surface area contributed by atoms with Gasteiger partial charge in [0, 0.05) is 11.0 Å². The van der Waals surface area contributed by atoms with Crippen molar-refractivity contribution in [2.45, 2.75) is 13.5 Å². The molecule has 1 unspecified atom stereocenters. The summed E-state index contributed by atoms with van der Waals surface area (Å²) < 4.78 is 6.83. The summed E-state index contributed by atoms with van der Waals surface area (Å²) in [5, 5.41) is 2.89. The Morgan fingerprint density at radius 2 is 2.00 bits per heavy atom. The van der Waals surface area contributed by atoms with E-state index in [1.165, 1.54) is 0 Å². The molecule has 0 aliphatic carbocycles. The molecular weight excluding hydrogens is 392 g/mol. The van der Waals surface area contributed by atoms with Crippen molar-refractivity contribution in [3.05, 3.63) is 64.1 Å². The van der Waals surface area contributed by atoms with Crippen LogP contribution in [0.5, 0.6) is 5.75 Å². The molecule has 0 spiro atoms. The van der Waals surface area contributed by atoms with Crippen LogP contribution in [0, 0.1) is 5.92 Å². The summed E-state index contributed by atoms with van der Waals surface area (Å²) in [6.45, 7) is 3.50. The third-order valence-electron chi connectivity index (χ3n) is 3.43. The molecule has 0 fully saturated rings. The van der Waals surface area contributed by atoms with Crippen molar-refractivity contribution in [1.82, 2.24) is 5.32 Å². The maximum absolute atomic E-state index is 12.3. The number of benzene rings is 2. The number of hydrogen-bond acceptors (Lipinski definition) is 3. The largest absolute Gasteiger partial charge is 0.488 e. The highest BCUT2D eigenvalue weighted by molar-refractivity contribution is 9.10. The summed E-state index contributed by atoms with van der Waals surface area (Å²) in [7, 11) is 0. The molecule has 0 bridgehead atoms. The average molecular weight is 414 g/mol. The van der Waals surface area contributed by atoms with Crippen molar-refractivity contribution in [1.29, 1.82) is 0 Å². The number of carbonyl (C=O) groups is 1. The van der Waals surface area contributed by atoms with Crippen LogP contribution < -0.4 is 15.8 Å². The Bertz CT molecular complexity index is 667. The molecule has 130 valence electrons. The maximum atomic E-state index is 12.3. The van der Waals surface area contributed by atoms with Crippen molar-refractivity contribution in [2.75, 3.05) is 13.1 Å². The van der Waals surface area contributed by atoms with Gasteiger partial charge in [0.15, 0.2) is 0 Å². The van der Waals surface area contributed by atoms with Gasteiger partial charge in [-0.3, -0.25) is 4.79 Å². The first-order valence-electron chi connectivity index (χ1n) is 7.54. The minimum absolute atomic E-state index is 0. The number of rotatable bonds is 7. The number of halogens is 2. The standard InChI is InChI=1S/C18H21BrN2O2.ClH/c1-13(10-20)11-21-18(22)16-7-2-3-8-17(16)23-12-14-5-4-6-15(19)9-14;/h2-9,13H,10-12,20H2,1H3,(H,21,22);1H. The Labute approximate surface area is 157 Å². The smallest absolute Gasteiger partial charge is 0.255 e. The third-order valence-corrected chi connectivity index (χ3v) is 3.92. The predicted molar refractivity (Wildman–Crippen MR) is 103 cm³/mol. The molecule has 2 aromatic carbocycles. The topological polar surface area (TPSA) is 64.3 Å². The van der Waals surface area contributed by atoms with Crippen LogP contribution in [0.25, 0.3) is 0 Å². The Morgan fingerprint density at radius 1 is 1.25 bits per heavy atom. The Kier molecular flexibility index (Phi) is 8.82. The molecule has 0 saturated heterocycles. The first-order chi connectivity index (χ1) is 11.1. The fraction of sp³-hybridized carbons (Fsp3) is 0.278. The van der Waals surface area contributed by atoms with Crippen molar-refractivity contribution >= 4 is 34.2 Å². The van der Waals surface area contributed by atoms with Crippen LogP contribution in [0.4, 0.5) is 0 Å². The Hall–Kier alpha value is -1.56. The SMILES string of the molecule is CC(CN)CNC(=O)c1ccccc1OCc1cccc(Br)c1.Cl. The number of carbonyl (C=O) groups excluding carboxylic acids is 1. The molecule has 0 saturated carbocycles. The number of nitrogens with two attached hydrogens (primary N) is 1. The van der Waals surface area contributed by atoms with Gasteiger partial charge in [-0.25, -0.2) is 0 Å². The number of para-hydroxylation sites is 1. The molecule has 2 aromatic rings. The molecular formula is C18H22BrClN2O2. The second-order valence-electron chi connectivity index (χ2n) is 5.47. The van der Waals surface area contributed by atoms with E-state index in [-0.39, 0.29) is 24.2 Å². The normalized spacial score (nSPS) is 11.3. The highest BCUT2D eigenvalue weighted by Crippen LogP contribution is 2.20. The minimum atomic E-state index is -0.143. The van der Waals surface area contributed by atoms with Crippen LogP contribution in [0.15, 0.2) is 53.0 Å². The molecule has 4 nitrogen and oxygen atoms in total. The quantitative estimate of drug-likeness (QED) is 0.726. The number of ether oxygens (including phenoxy) is 1. The summed E-state index contributed by atoms with van der Waals surface area (Å²) >= 11 is 3.44. The van der Waals surface area contributed by atoms with Gasteiger partial charge in [0.1, 0.15) is 12.4 Å². The first-order valence-corrected chi connectivity index (χ1v) is 8.34. The van der Waals surface area contributed by atoms with E-state index in [1.807, 2.05) is 43.3 Å². The molecule has 1 atom stereocenters. The van der Waals surface area contributed by atoms with Crippen LogP contribution in [0.3, 0.4) is 0 Å². The van der Waals surface area contributed by atoms with E-state index in [0.717, 1.165) is 10.0 Å². The van der Waals surface area contributed by atoms with Gasteiger partial charge in [-0.15, -0.1) is 12.4 Å². The zero-order valence-corrected chi connectivity index (χ0v) is 15.9. The van der Waals surface area contributed by atoms with E-state index in [1.54, 1.807) is 12.1 Å². The van der Waals surface area contributed by atoms with E-state index in [4.69, 9.17) is 10.5 Å². The van der Waals surface area contributed by atoms with Crippen molar-refractivity contribution in [3.8, 4) is 5.75 Å². The van der Waals surface area contributed by atoms with Crippen molar-refractivity contribution in [2.24, 2.45) is 11.7 Å². The lowest BCUT2D eigenvalue weighted by Gasteiger charge is -2.13. The number of amides is 1. The molecule has 0 aromatic heterocycles. The summed E-state index contributed by atoms with van der Waals surface area (Å²) in [6.07, 6.45) is 0.